The summed E-state index contributed by atoms with van der Waals surface area (Å²) in [6.07, 6.45) is -1.65. The van der Waals surface area contributed by atoms with Crippen LogP contribution in [-0.4, -0.2) is 72.3 Å². The van der Waals surface area contributed by atoms with Gasteiger partial charge in [-0.25, -0.2) is 9.97 Å². The third-order valence-electron chi connectivity index (χ3n) is 6.84. The van der Waals surface area contributed by atoms with Crippen molar-refractivity contribution in [3.8, 4) is 11.3 Å². The second-order valence-electron chi connectivity index (χ2n) is 9.04. The first-order valence-electron chi connectivity index (χ1n) is 12.2. The molecule has 3 aromatic rings. The van der Waals surface area contributed by atoms with E-state index < -0.39 is 11.9 Å². The number of hydrogen-bond acceptors (Lipinski definition) is 7. The molecule has 1 atom stereocenters. The van der Waals surface area contributed by atoms with Gasteiger partial charge in [0.25, 0.3) is 0 Å². The first kappa shape index (κ1) is 24.5. The molecule has 4 heterocycles. The highest BCUT2D eigenvalue weighted by Crippen LogP contribution is 2.32. The number of rotatable bonds is 5. The molecular weight excluding hydrogens is 469 g/mol. The summed E-state index contributed by atoms with van der Waals surface area (Å²) in [5.74, 6) is 1.53. The fourth-order valence-electron chi connectivity index (χ4n) is 4.70. The van der Waals surface area contributed by atoms with Crippen molar-refractivity contribution < 1.29 is 17.9 Å². The molecule has 7 nitrogen and oxygen atoms in total. The van der Waals surface area contributed by atoms with Crippen LogP contribution in [0.4, 0.5) is 24.8 Å². The van der Waals surface area contributed by atoms with E-state index in [1.165, 1.54) is 17.8 Å². The van der Waals surface area contributed by atoms with Crippen LogP contribution in [0.3, 0.4) is 0 Å². The van der Waals surface area contributed by atoms with Crippen LogP contribution in [-0.2, 0) is 10.9 Å². The molecule has 190 valence electrons. The third-order valence-corrected chi connectivity index (χ3v) is 6.84. The van der Waals surface area contributed by atoms with Crippen molar-refractivity contribution in [1.82, 2.24) is 19.9 Å². The second-order valence-corrected chi connectivity index (χ2v) is 9.04. The lowest BCUT2D eigenvalue weighted by molar-refractivity contribution is -0.141. The number of piperazine rings is 1. The van der Waals surface area contributed by atoms with E-state index in [4.69, 9.17) is 14.7 Å². The zero-order chi connectivity index (χ0) is 25.1. The Hall–Kier alpha value is -3.24. The summed E-state index contributed by atoms with van der Waals surface area (Å²) in [5, 5.41) is 0. The van der Waals surface area contributed by atoms with Crippen molar-refractivity contribution >= 4 is 11.6 Å². The van der Waals surface area contributed by atoms with Crippen molar-refractivity contribution in [2.45, 2.75) is 19.1 Å². The average Bonchev–Trinajstić information content (AvgIpc) is 2.93. The van der Waals surface area contributed by atoms with Crippen LogP contribution in [0.15, 0.2) is 54.9 Å². The van der Waals surface area contributed by atoms with E-state index in [0.717, 1.165) is 43.9 Å². The number of anilines is 2. The second kappa shape index (κ2) is 10.4. The Kier molecular flexibility index (Phi) is 7.06. The van der Waals surface area contributed by atoms with Crippen LogP contribution in [0.25, 0.3) is 11.3 Å². The zero-order valence-electron chi connectivity index (χ0n) is 20.2. The maximum atomic E-state index is 13.0. The third kappa shape index (κ3) is 5.29. The molecular formula is C26H29F3N6O. The van der Waals surface area contributed by atoms with Gasteiger partial charge in [0, 0.05) is 57.1 Å². The van der Waals surface area contributed by atoms with Gasteiger partial charge in [-0.05, 0) is 24.6 Å². The van der Waals surface area contributed by atoms with Gasteiger partial charge in [0.2, 0.25) is 0 Å². The van der Waals surface area contributed by atoms with Gasteiger partial charge in [0.1, 0.15) is 5.69 Å². The lowest BCUT2D eigenvalue weighted by Gasteiger charge is -2.40. The van der Waals surface area contributed by atoms with Crippen molar-refractivity contribution in [3.05, 3.63) is 66.1 Å². The average molecular weight is 499 g/mol. The maximum absolute atomic E-state index is 13.0. The molecule has 2 saturated heterocycles. The maximum Gasteiger partial charge on any atom is 0.433 e. The molecule has 0 bridgehead atoms. The van der Waals surface area contributed by atoms with E-state index >= 15 is 0 Å². The van der Waals surface area contributed by atoms with Crippen LogP contribution >= 0.6 is 0 Å². The number of morpholine rings is 1. The van der Waals surface area contributed by atoms with Crippen molar-refractivity contribution in [2.24, 2.45) is 0 Å². The number of benzene rings is 1. The topological polar surface area (TPSA) is 57.6 Å². The predicted octanol–water partition coefficient (Wildman–Crippen LogP) is 4.28. The standard InChI is InChI=1S/C26H29F3N6O/c1-19(20-5-3-2-4-6-20)33-9-11-34(12-10-33)25-24(35-13-15-36-16-14-35)31-18-22(32-25)21-7-8-23(30-17-21)26(27,28)29/h2-8,17-19H,9-16H2,1H3. The fourth-order valence-corrected chi connectivity index (χ4v) is 4.70. The van der Waals surface area contributed by atoms with Gasteiger partial charge < -0.3 is 14.5 Å². The number of ether oxygens (including phenoxy) is 1. The number of aromatic nitrogens is 3. The van der Waals surface area contributed by atoms with Gasteiger partial charge in [0.15, 0.2) is 11.6 Å². The normalized spacial score (nSPS) is 18.3. The minimum absolute atomic E-state index is 0.308. The van der Waals surface area contributed by atoms with Crippen LogP contribution in [0.5, 0.6) is 0 Å². The lowest BCUT2D eigenvalue weighted by atomic mass is 10.1. The van der Waals surface area contributed by atoms with E-state index in [1.54, 1.807) is 6.20 Å². The first-order valence-corrected chi connectivity index (χ1v) is 12.2. The molecule has 2 fully saturated rings. The molecule has 0 radical (unpaired) electrons. The van der Waals surface area contributed by atoms with Crippen molar-refractivity contribution in [2.75, 3.05) is 62.3 Å². The van der Waals surface area contributed by atoms with Crippen LogP contribution in [0, 0.1) is 0 Å². The van der Waals surface area contributed by atoms with E-state index in [1.807, 2.05) is 6.07 Å². The predicted molar refractivity (Wildman–Crippen MR) is 132 cm³/mol. The number of hydrogen-bond donors (Lipinski definition) is 0. The largest absolute Gasteiger partial charge is 0.433 e. The van der Waals surface area contributed by atoms with Gasteiger partial charge in [-0.15, -0.1) is 0 Å². The number of halogens is 3. The van der Waals surface area contributed by atoms with E-state index in [0.29, 0.717) is 43.6 Å². The Bertz CT molecular complexity index is 1140. The van der Waals surface area contributed by atoms with Crippen LogP contribution in [0.1, 0.15) is 24.2 Å². The lowest BCUT2D eigenvalue weighted by Crippen LogP contribution is -2.48. The van der Waals surface area contributed by atoms with Gasteiger partial charge in [-0.3, -0.25) is 9.88 Å². The molecule has 2 aliphatic heterocycles. The van der Waals surface area contributed by atoms with Crippen LogP contribution < -0.4 is 9.80 Å². The summed E-state index contributed by atoms with van der Waals surface area (Å²) in [6.45, 7) is 8.18. The highest BCUT2D eigenvalue weighted by molar-refractivity contribution is 5.68. The quantitative estimate of drug-likeness (QED) is 0.521. The fraction of sp³-hybridized carbons (Fsp3) is 0.423. The molecule has 2 aromatic heterocycles. The number of alkyl halides is 3. The van der Waals surface area contributed by atoms with Gasteiger partial charge in [0.05, 0.1) is 25.1 Å². The molecule has 36 heavy (non-hydrogen) atoms. The molecule has 0 spiro atoms. The molecule has 0 amide bonds. The number of pyridine rings is 1. The molecule has 10 heteroatoms. The summed E-state index contributed by atoms with van der Waals surface area (Å²) in [5.41, 5.74) is 1.37. The Morgan fingerprint density at radius 2 is 1.50 bits per heavy atom. The molecule has 5 rings (SSSR count). The summed E-state index contributed by atoms with van der Waals surface area (Å²) in [6, 6.07) is 13.2. The molecule has 1 aromatic carbocycles. The highest BCUT2D eigenvalue weighted by atomic mass is 19.4. The Morgan fingerprint density at radius 1 is 0.806 bits per heavy atom. The molecule has 1 unspecified atom stereocenters. The summed E-state index contributed by atoms with van der Waals surface area (Å²) < 4.78 is 44.4. The SMILES string of the molecule is CC(c1ccccc1)N1CCN(c2nc(-c3ccc(C(F)(F)F)nc3)cnc2N2CCOCC2)CC1. The van der Waals surface area contributed by atoms with Crippen LogP contribution in [0.2, 0.25) is 0 Å². The first-order chi connectivity index (χ1) is 17.4. The Labute approximate surface area is 208 Å². The van der Waals surface area contributed by atoms with E-state index in [-0.39, 0.29) is 0 Å². The van der Waals surface area contributed by atoms with Gasteiger partial charge >= 0.3 is 6.18 Å². The van der Waals surface area contributed by atoms with Crippen molar-refractivity contribution in [3.63, 3.8) is 0 Å². The molecule has 0 aliphatic carbocycles. The van der Waals surface area contributed by atoms with Crippen molar-refractivity contribution in [1.29, 1.82) is 0 Å². The summed E-state index contributed by atoms with van der Waals surface area (Å²) in [4.78, 5) is 20.1. The Morgan fingerprint density at radius 3 is 2.14 bits per heavy atom. The monoisotopic (exact) mass is 498 g/mol. The van der Waals surface area contributed by atoms with E-state index in [2.05, 4.69) is 50.9 Å². The van der Waals surface area contributed by atoms with Gasteiger partial charge in [-0.2, -0.15) is 13.2 Å². The minimum atomic E-state index is -4.48. The van der Waals surface area contributed by atoms with E-state index in [9.17, 15) is 13.2 Å². The number of nitrogens with zero attached hydrogens (tertiary/aromatic N) is 6. The molecule has 2 aliphatic rings. The molecule has 0 saturated carbocycles. The summed E-state index contributed by atoms with van der Waals surface area (Å²) in [7, 11) is 0. The Balaban J connectivity index is 1.39. The smallest absolute Gasteiger partial charge is 0.378 e. The summed E-state index contributed by atoms with van der Waals surface area (Å²) >= 11 is 0. The zero-order valence-corrected chi connectivity index (χ0v) is 20.2. The van der Waals surface area contributed by atoms with Gasteiger partial charge in [-0.1, -0.05) is 30.3 Å². The minimum Gasteiger partial charge on any atom is -0.378 e. The molecule has 0 N–H and O–H groups in total. The highest BCUT2D eigenvalue weighted by Gasteiger charge is 2.32.